The summed E-state index contributed by atoms with van der Waals surface area (Å²) in [5, 5.41) is 24.4. The number of aliphatic hydroxyl groups excluding tert-OH is 1. The molecule has 0 aliphatic heterocycles. The van der Waals surface area contributed by atoms with Crippen LogP contribution in [0.1, 0.15) is 22.8 Å². The van der Waals surface area contributed by atoms with Gasteiger partial charge in [0.25, 0.3) is 5.91 Å². The molecule has 5 nitrogen and oxygen atoms in total. The highest BCUT2D eigenvalue weighted by Gasteiger charge is 2.11. The third-order valence-corrected chi connectivity index (χ3v) is 2.51. The third kappa shape index (κ3) is 4.35. The van der Waals surface area contributed by atoms with E-state index in [1.54, 1.807) is 32.0 Å². The van der Waals surface area contributed by atoms with E-state index in [0.717, 1.165) is 0 Å². The molecular weight excluding hydrogens is 232 g/mol. The topological polar surface area (TPSA) is 81.6 Å². The first kappa shape index (κ1) is 14.5. The minimum atomic E-state index is -0.401. The number of amides is 1. The summed E-state index contributed by atoms with van der Waals surface area (Å²) in [7, 11) is 0. The lowest BCUT2D eigenvalue weighted by molar-refractivity contribution is 0.0951. The van der Waals surface area contributed by atoms with Crippen molar-refractivity contribution >= 4 is 5.91 Å². The smallest absolute Gasteiger partial charge is 0.255 e. The average molecular weight is 252 g/mol. The van der Waals surface area contributed by atoms with Crippen LogP contribution in [-0.2, 0) is 0 Å². The summed E-state index contributed by atoms with van der Waals surface area (Å²) in [6.45, 7) is 4.94. The molecule has 0 heterocycles. The van der Waals surface area contributed by atoms with E-state index in [2.05, 4.69) is 10.6 Å². The summed E-state index contributed by atoms with van der Waals surface area (Å²) < 4.78 is 0. The number of rotatable bonds is 6. The molecule has 0 aliphatic rings. The van der Waals surface area contributed by atoms with Gasteiger partial charge in [-0.1, -0.05) is 12.1 Å². The lowest BCUT2D eigenvalue weighted by Crippen LogP contribution is -2.34. The van der Waals surface area contributed by atoms with Gasteiger partial charge in [-0.3, -0.25) is 4.79 Å². The maximum Gasteiger partial charge on any atom is 0.255 e. The monoisotopic (exact) mass is 252 g/mol. The second-order valence-electron chi connectivity index (χ2n) is 4.28. The molecule has 4 N–H and O–H groups in total. The molecule has 0 saturated carbocycles. The van der Waals surface area contributed by atoms with Crippen molar-refractivity contribution in [3.05, 3.63) is 29.3 Å². The first-order valence-electron chi connectivity index (χ1n) is 5.98. The minimum absolute atomic E-state index is 0.0203. The van der Waals surface area contributed by atoms with Gasteiger partial charge < -0.3 is 20.8 Å². The summed E-state index contributed by atoms with van der Waals surface area (Å²) in [6, 6.07) is 5.06. The Morgan fingerprint density at radius 2 is 2.11 bits per heavy atom. The molecular formula is C13H20N2O3. The largest absolute Gasteiger partial charge is 0.507 e. The molecule has 1 aromatic carbocycles. The summed E-state index contributed by atoms with van der Waals surface area (Å²) in [5.41, 5.74) is 0.959. The van der Waals surface area contributed by atoms with Crippen molar-refractivity contribution in [2.75, 3.05) is 19.6 Å². The van der Waals surface area contributed by atoms with Crippen molar-refractivity contribution in [3.63, 3.8) is 0 Å². The minimum Gasteiger partial charge on any atom is -0.507 e. The predicted octanol–water partition coefficient (Wildman–Crippen LogP) is 0.401. The van der Waals surface area contributed by atoms with Gasteiger partial charge in [-0.05, 0) is 25.5 Å². The second-order valence-corrected chi connectivity index (χ2v) is 4.28. The molecule has 100 valence electrons. The van der Waals surface area contributed by atoms with Crippen LogP contribution in [0.4, 0.5) is 0 Å². The number of nitrogens with one attached hydrogen (secondary N) is 2. The number of aliphatic hydroxyl groups is 1. The molecule has 0 aliphatic carbocycles. The summed E-state index contributed by atoms with van der Waals surface area (Å²) in [4.78, 5) is 11.8. The number of benzene rings is 1. The van der Waals surface area contributed by atoms with E-state index in [9.17, 15) is 9.90 Å². The number of para-hydroxylation sites is 1. The molecule has 0 fully saturated rings. The van der Waals surface area contributed by atoms with Gasteiger partial charge in [0.2, 0.25) is 0 Å². The fraction of sp³-hybridized carbons (Fsp3) is 0.462. The Bertz CT molecular complexity index is 405. The van der Waals surface area contributed by atoms with Crippen molar-refractivity contribution in [1.29, 1.82) is 0 Å². The molecule has 18 heavy (non-hydrogen) atoms. The van der Waals surface area contributed by atoms with Crippen molar-refractivity contribution in [2.24, 2.45) is 0 Å². The first-order valence-corrected chi connectivity index (χ1v) is 5.98. The van der Waals surface area contributed by atoms with E-state index in [-0.39, 0.29) is 17.2 Å². The highest BCUT2D eigenvalue weighted by atomic mass is 16.3. The van der Waals surface area contributed by atoms with Gasteiger partial charge >= 0.3 is 0 Å². The number of phenols is 1. The zero-order chi connectivity index (χ0) is 13.5. The molecule has 1 amide bonds. The second kappa shape index (κ2) is 6.98. The fourth-order valence-electron chi connectivity index (χ4n) is 1.51. The van der Waals surface area contributed by atoms with Crippen LogP contribution in [0.3, 0.4) is 0 Å². The SMILES string of the molecule is Cc1cccc(C(=O)NCCNCC(C)O)c1O. The number of carbonyl (C=O) groups excluding carboxylic acids is 1. The van der Waals surface area contributed by atoms with Crippen LogP contribution >= 0.6 is 0 Å². The third-order valence-electron chi connectivity index (χ3n) is 2.51. The molecule has 5 heteroatoms. The van der Waals surface area contributed by atoms with E-state index in [4.69, 9.17) is 5.11 Å². The lowest BCUT2D eigenvalue weighted by atomic mass is 10.1. The number of hydrogen-bond donors (Lipinski definition) is 4. The van der Waals surface area contributed by atoms with E-state index >= 15 is 0 Å². The Morgan fingerprint density at radius 1 is 1.39 bits per heavy atom. The molecule has 0 radical (unpaired) electrons. The van der Waals surface area contributed by atoms with Crippen LogP contribution in [0.5, 0.6) is 5.75 Å². The quantitative estimate of drug-likeness (QED) is 0.552. The molecule has 1 aromatic rings. The van der Waals surface area contributed by atoms with Crippen molar-refractivity contribution < 1.29 is 15.0 Å². The van der Waals surface area contributed by atoms with Gasteiger partial charge in [-0.15, -0.1) is 0 Å². The number of carbonyl (C=O) groups is 1. The maximum absolute atomic E-state index is 11.8. The van der Waals surface area contributed by atoms with Crippen LogP contribution in [0.15, 0.2) is 18.2 Å². The van der Waals surface area contributed by atoms with E-state index in [0.29, 0.717) is 25.2 Å². The average Bonchev–Trinajstić information content (AvgIpc) is 2.31. The molecule has 0 spiro atoms. The normalized spacial score (nSPS) is 12.2. The van der Waals surface area contributed by atoms with E-state index < -0.39 is 6.10 Å². The first-order chi connectivity index (χ1) is 8.52. The Morgan fingerprint density at radius 3 is 2.78 bits per heavy atom. The number of phenolic OH excluding ortho intramolecular Hbond substituents is 1. The predicted molar refractivity (Wildman–Crippen MR) is 69.7 cm³/mol. The zero-order valence-corrected chi connectivity index (χ0v) is 10.7. The Balaban J connectivity index is 2.39. The number of aryl methyl sites for hydroxylation is 1. The lowest BCUT2D eigenvalue weighted by Gasteiger charge is -2.09. The summed E-state index contributed by atoms with van der Waals surface area (Å²) in [6.07, 6.45) is -0.401. The molecule has 0 bridgehead atoms. The van der Waals surface area contributed by atoms with Gasteiger partial charge in [0.15, 0.2) is 0 Å². The van der Waals surface area contributed by atoms with Crippen molar-refractivity contribution in [3.8, 4) is 5.75 Å². The number of hydrogen-bond acceptors (Lipinski definition) is 4. The van der Waals surface area contributed by atoms with Crippen LogP contribution in [0, 0.1) is 6.92 Å². The van der Waals surface area contributed by atoms with Crippen LogP contribution in [0.25, 0.3) is 0 Å². The van der Waals surface area contributed by atoms with Crippen LogP contribution in [0.2, 0.25) is 0 Å². The van der Waals surface area contributed by atoms with Gasteiger partial charge in [-0.2, -0.15) is 0 Å². The van der Waals surface area contributed by atoms with Gasteiger partial charge in [0.05, 0.1) is 11.7 Å². The molecule has 0 saturated heterocycles. The van der Waals surface area contributed by atoms with Gasteiger partial charge in [0, 0.05) is 19.6 Å². The van der Waals surface area contributed by atoms with Gasteiger partial charge in [0.1, 0.15) is 5.75 Å². The Hall–Kier alpha value is -1.59. The van der Waals surface area contributed by atoms with Crippen molar-refractivity contribution in [2.45, 2.75) is 20.0 Å². The van der Waals surface area contributed by atoms with E-state index in [1.807, 2.05) is 0 Å². The highest BCUT2D eigenvalue weighted by Crippen LogP contribution is 2.20. The zero-order valence-electron chi connectivity index (χ0n) is 10.7. The van der Waals surface area contributed by atoms with Gasteiger partial charge in [-0.25, -0.2) is 0 Å². The molecule has 0 aromatic heterocycles. The molecule has 1 unspecified atom stereocenters. The van der Waals surface area contributed by atoms with Crippen LogP contribution in [-0.4, -0.2) is 41.9 Å². The van der Waals surface area contributed by atoms with E-state index in [1.165, 1.54) is 0 Å². The summed E-state index contributed by atoms with van der Waals surface area (Å²) in [5.74, 6) is -0.276. The summed E-state index contributed by atoms with van der Waals surface area (Å²) >= 11 is 0. The standard InChI is InChI=1S/C13H20N2O3/c1-9-4-3-5-11(12(9)17)13(18)15-7-6-14-8-10(2)16/h3-5,10,14,16-17H,6-8H2,1-2H3,(H,15,18). The highest BCUT2D eigenvalue weighted by molar-refractivity contribution is 5.97. The maximum atomic E-state index is 11.8. The fourth-order valence-corrected chi connectivity index (χ4v) is 1.51. The molecule has 1 atom stereocenters. The Kier molecular flexibility index (Phi) is 5.61. The van der Waals surface area contributed by atoms with Crippen molar-refractivity contribution in [1.82, 2.24) is 10.6 Å². The Labute approximate surface area is 107 Å². The number of aromatic hydroxyl groups is 1. The molecule has 1 rings (SSSR count). The van der Waals surface area contributed by atoms with Crippen LogP contribution < -0.4 is 10.6 Å².